The molecule has 0 unspecified atom stereocenters. The number of fused-ring (bicyclic) bond motifs is 1. The van der Waals surface area contributed by atoms with Crippen LogP contribution in [-0.2, 0) is 5.75 Å². The van der Waals surface area contributed by atoms with Crippen LogP contribution in [0.1, 0.15) is 19.5 Å². The molecule has 0 radical (unpaired) electrons. The molecular weight excluding hydrogens is 314 g/mol. The minimum Gasteiger partial charge on any atom is -0.323 e. The average molecular weight is 331 g/mol. The smallest absolute Gasteiger partial charge is 0.323 e. The molecule has 0 saturated carbocycles. The zero-order chi connectivity index (χ0) is 16.2. The highest BCUT2D eigenvalue weighted by atomic mass is 32.2. The van der Waals surface area contributed by atoms with Gasteiger partial charge in [0.2, 0.25) is 5.16 Å². The summed E-state index contributed by atoms with van der Waals surface area (Å²) in [7, 11) is 0. The highest BCUT2D eigenvalue weighted by Gasteiger charge is 2.14. The summed E-state index contributed by atoms with van der Waals surface area (Å²) in [5.74, 6) is 0.618. The lowest BCUT2D eigenvalue weighted by Gasteiger charge is -2.17. The van der Waals surface area contributed by atoms with E-state index in [0.29, 0.717) is 24.0 Å². The molecule has 0 fully saturated rings. The van der Waals surface area contributed by atoms with Gasteiger partial charge in [-0.05, 0) is 26.0 Å². The van der Waals surface area contributed by atoms with Gasteiger partial charge in [0, 0.05) is 25.0 Å². The van der Waals surface area contributed by atoms with Crippen molar-refractivity contribution in [1.82, 2.24) is 34.3 Å². The molecule has 9 heteroatoms. The van der Waals surface area contributed by atoms with Crippen molar-refractivity contribution in [2.24, 2.45) is 0 Å². The SMILES string of the molecule is CCN(CC)C(=O)n1cnc(SCc2cn3ncccc3n2)n1. The molecule has 8 nitrogen and oxygen atoms in total. The maximum absolute atomic E-state index is 12.2. The van der Waals surface area contributed by atoms with Crippen LogP contribution >= 0.6 is 11.8 Å². The first-order chi connectivity index (χ1) is 11.2. The highest BCUT2D eigenvalue weighted by Crippen LogP contribution is 2.18. The van der Waals surface area contributed by atoms with Crippen molar-refractivity contribution < 1.29 is 4.79 Å². The van der Waals surface area contributed by atoms with Gasteiger partial charge >= 0.3 is 6.03 Å². The summed E-state index contributed by atoms with van der Waals surface area (Å²) in [6.45, 7) is 5.16. The number of hydrogen-bond acceptors (Lipinski definition) is 6. The van der Waals surface area contributed by atoms with Gasteiger partial charge in [-0.25, -0.2) is 19.3 Å². The lowest BCUT2D eigenvalue weighted by atomic mass is 10.5. The fourth-order valence-electron chi connectivity index (χ4n) is 2.13. The molecule has 0 aliphatic rings. The van der Waals surface area contributed by atoms with E-state index in [2.05, 4.69) is 20.2 Å². The van der Waals surface area contributed by atoms with Crippen LogP contribution in [0.2, 0.25) is 0 Å². The van der Waals surface area contributed by atoms with Crippen molar-refractivity contribution in [3.8, 4) is 0 Å². The Morgan fingerprint density at radius 1 is 1.35 bits per heavy atom. The second-order valence-electron chi connectivity index (χ2n) is 4.77. The summed E-state index contributed by atoms with van der Waals surface area (Å²) >= 11 is 1.44. The Kier molecular flexibility index (Phi) is 4.56. The third-order valence-electron chi connectivity index (χ3n) is 3.34. The first kappa shape index (κ1) is 15.5. The molecule has 0 spiro atoms. The summed E-state index contributed by atoms with van der Waals surface area (Å²) in [5.41, 5.74) is 1.69. The minimum absolute atomic E-state index is 0.161. The van der Waals surface area contributed by atoms with Gasteiger partial charge in [-0.3, -0.25) is 0 Å². The second kappa shape index (κ2) is 6.78. The zero-order valence-electron chi connectivity index (χ0n) is 13.0. The minimum atomic E-state index is -0.161. The first-order valence-electron chi connectivity index (χ1n) is 7.34. The molecule has 1 amide bonds. The number of thioether (sulfide) groups is 1. The number of imidazole rings is 1. The van der Waals surface area contributed by atoms with Crippen molar-refractivity contribution in [2.75, 3.05) is 13.1 Å². The number of rotatable bonds is 5. The molecule has 0 saturated heterocycles. The van der Waals surface area contributed by atoms with Gasteiger partial charge in [0.1, 0.15) is 6.33 Å². The molecule has 0 aliphatic carbocycles. The third-order valence-corrected chi connectivity index (χ3v) is 4.22. The van der Waals surface area contributed by atoms with E-state index in [1.54, 1.807) is 15.6 Å². The monoisotopic (exact) mass is 331 g/mol. The summed E-state index contributed by atoms with van der Waals surface area (Å²) in [6.07, 6.45) is 5.04. The fraction of sp³-hybridized carbons (Fsp3) is 0.357. The Hall–Kier alpha value is -2.42. The number of amides is 1. The van der Waals surface area contributed by atoms with Crippen molar-refractivity contribution in [2.45, 2.75) is 24.8 Å². The summed E-state index contributed by atoms with van der Waals surface area (Å²) in [4.78, 5) is 22.5. The normalized spacial score (nSPS) is 11.0. The van der Waals surface area contributed by atoms with Crippen LogP contribution < -0.4 is 0 Å². The Labute approximate surface area is 137 Å². The van der Waals surface area contributed by atoms with Crippen LogP contribution in [0, 0.1) is 0 Å². The molecule has 120 valence electrons. The summed E-state index contributed by atoms with van der Waals surface area (Å²) in [5, 5.41) is 8.96. The van der Waals surface area contributed by atoms with E-state index in [1.165, 1.54) is 22.8 Å². The molecule has 0 aliphatic heterocycles. The van der Waals surface area contributed by atoms with Gasteiger partial charge in [-0.1, -0.05) is 11.8 Å². The summed E-state index contributed by atoms with van der Waals surface area (Å²) < 4.78 is 3.01. The first-order valence-corrected chi connectivity index (χ1v) is 8.32. The van der Waals surface area contributed by atoms with Crippen LogP contribution in [-0.4, -0.2) is 53.4 Å². The molecule has 3 heterocycles. The van der Waals surface area contributed by atoms with Crippen molar-refractivity contribution in [3.63, 3.8) is 0 Å². The molecule has 0 N–H and O–H groups in total. The van der Waals surface area contributed by atoms with E-state index < -0.39 is 0 Å². The Balaban J connectivity index is 1.66. The van der Waals surface area contributed by atoms with Crippen LogP contribution in [0.25, 0.3) is 5.65 Å². The van der Waals surface area contributed by atoms with Crippen LogP contribution in [0.15, 0.2) is 36.0 Å². The van der Waals surface area contributed by atoms with Gasteiger partial charge in [-0.15, -0.1) is 5.10 Å². The quantitative estimate of drug-likeness (QED) is 0.665. The zero-order valence-corrected chi connectivity index (χ0v) is 13.8. The fourth-order valence-corrected chi connectivity index (χ4v) is 2.82. The molecule has 0 aromatic carbocycles. The molecule has 0 bridgehead atoms. The molecule has 3 rings (SSSR count). The number of nitrogens with zero attached hydrogens (tertiary/aromatic N) is 7. The van der Waals surface area contributed by atoms with Gasteiger partial charge in [0.15, 0.2) is 5.65 Å². The lowest BCUT2D eigenvalue weighted by molar-refractivity contribution is 0.201. The van der Waals surface area contributed by atoms with Crippen LogP contribution in [0.3, 0.4) is 0 Å². The van der Waals surface area contributed by atoms with Crippen molar-refractivity contribution >= 4 is 23.4 Å². The second-order valence-corrected chi connectivity index (χ2v) is 5.72. The maximum Gasteiger partial charge on any atom is 0.346 e. The van der Waals surface area contributed by atoms with Crippen molar-refractivity contribution in [3.05, 3.63) is 36.5 Å². The van der Waals surface area contributed by atoms with E-state index in [-0.39, 0.29) is 6.03 Å². The number of carbonyl (C=O) groups excluding carboxylic acids is 1. The predicted molar refractivity (Wildman–Crippen MR) is 86.3 cm³/mol. The van der Waals surface area contributed by atoms with Crippen LogP contribution in [0.4, 0.5) is 4.79 Å². The molecule has 23 heavy (non-hydrogen) atoms. The largest absolute Gasteiger partial charge is 0.346 e. The Morgan fingerprint density at radius 2 is 2.17 bits per heavy atom. The molecule has 3 aromatic heterocycles. The van der Waals surface area contributed by atoms with Crippen molar-refractivity contribution in [1.29, 1.82) is 0 Å². The third kappa shape index (κ3) is 3.34. The van der Waals surface area contributed by atoms with Gasteiger partial charge < -0.3 is 4.90 Å². The van der Waals surface area contributed by atoms with E-state index in [4.69, 9.17) is 0 Å². The van der Waals surface area contributed by atoms with E-state index in [0.717, 1.165) is 11.3 Å². The van der Waals surface area contributed by atoms with E-state index in [9.17, 15) is 4.79 Å². The number of carbonyl (C=O) groups is 1. The molecule has 0 atom stereocenters. The molecular formula is C14H17N7OS. The lowest BCUT2D eigenvalue weighted by Crippen LogP contribution is -2.34. The predicted octanol–water partition coefficient (Wildman–Crippen LogP) is 1.92. The van der Waals surface area contributed by atoms with Gasteiger partial charge in [0.05, 0.1) is 11.9 Å². The highest BCUT2D eigenvalue weighted by molar-refractivity contribution is 7.98. The van der Waals surface area contributed by atoms with E-state index >= 15 is 0 Å². The molecule has 3 aromatic rings. The van der Waals surface area contributed by atoms with E-state index in [1.807, 2.05) is 32.2 Å². The van der Waals surface area contributed by atoms with Crippen LogP contribution in [0.5, 0.6) is 0 Å². The summed E-state index contributed by atoms with van der Waals surface area (Å²) in [6, 6.07) is 3.59. The topological polar surface area (TPSA) is 81.2 Å². The van der Waals surface area contributed by atoms with Gasteiger partial charge in [-0.2, -0.15) is 9.78 Å². The Bertz CT molecular complexity index is 775. The maximum atomic E-state index is 12.2. The Morgan fingerprint density at radius 3 is 2.91 bits per heavy atom. The van der Waals surface area contributed by atoms with Gasteiger partial charge in [0.25, 0.3) is 0 Å². The number of hydrogen-bond donors (Lipinski definition) is 0. The standard InChI is InChI=1S/C14H17N7OS/c1-3-19(4-2)14(22)21-10-15-13(18-21)23-9-11-8-20-12(17-11)6-5-7-16-20/h5-8,10H,3-4,9H2,1-2H3. The number of aromatic nitrogens is 6. The average Bonchev–Trinajstić information content (AvgIpc) is 3.20.